The first kappa shape index (κ1) is 14.2. The van der Waals surface area contributed by atoms with Gasteiger partial charge in [0.1, 0.15) is 5.00 Å². The minimum Gasteiger partial charge on any atom is -0.326 e. The van der Waals surface area contributed by atoms with Crippen LogP contribution >= 0.6 is 11.3 Å². The first-order valence-electron chi connectivity index (χ1n) is 6.72. The molecular formula is C16H14N4OS. The number of hydrogen-bond acceptors (Lipinski definition) is 5. The zero-order valence-electron chi connectivity index (χ0n) is 11.9. The van der Waals surface area contributed by atoms with E-state index in [1.54, 1.807) is 29.8 Å². The molecule has 0 aliphatic rings. The van der Waals surface area contributed by atoms with Gasteiger partial charge in [-0.15, -0.1) is 11.3 Å². The van der Waals surface area contributed by atoms with Gasteiger partial charge in [-0.25, -0.2) is 9.97 Å². The van der Waals surface area contributed by atoms with Crippen LogP contribution in [0.15, 0.2) is 60.2 Å². The van der Waals surface area contributed by atoms with Crippen molar-refractivity contribution in [1.29, 1.82) is 0 Å². The Labute approximate surface area is 132 Å². The quantitative estimate of drug-likeness (QED) is 0.792. The van der Waals surface area contributed by atoms with Crippen LogP contribution in [0, 0.1) is 0 Å². The van der Waals surface area contributed by atoms with Gasteiger partial charge in [-0.2, -0.15) is 0 Å². The fourth-order valence-corrected chi connectivity index (χ4v) is 2.82. The molecule has 0 fully saturated rings. The van der Waals surface area contributed by atoms with E-state index in [0.29, 0.717) is 5.95 Å². The molecule has 1 aromatic carbocycles. The molecule has 1 amide bonds. The van der Waals surface area contributed by atoms with Crippen LogP contribution in [0.3, 0.4) is 0 Å². The number of nitrogens with zero attached hydrogens (tertiary/aromatic N) is 3. The van der Waals surface area contributed by atoms with Crippen molar-refractivity contribution in [1.82, 2.24) is 9.97 Å². The Bertz CT molecular complexity index is 759. The summed E-state index contributed by atoms with van der Waals surface area (Å²) in [5.41, 5.74) is 1.63. The highest BCUT2D eigenvalue weighted by atomic mass is 32.1. The largest absolute Gasteiger partial charge is 0.326 e. The van der Waals surface area contributed by atoms with Gasteiger partial charge in [0, 0.05) is 25.0 Å². The van der Waals surface area contributed by atoms with Crippen molar-refractivity contribution in [3.63, 3.8) is 0 Å². The molecule has 110 valence electrons. The number of anilines is 4. The number of benzene rings is 1. The van der Waals surface area contributed by atoms with Gasteiger partial charge in [-0.05, 0) is 41.8 Å². The molecule has 3 rings (SSSR count). The number of amides is 1. The molecule has 22 heavy (non-hydrogen) atoms. The van der Waals surface area contributed by atoms with Crippen LogP contribution in [0.2, 0.25) is 0 Å². The summed E-state index contributed by atoms with van der Waals surface area (Å²) >= 11 is 1.60. The Hall–Kier alpha value is -2.73. The van der Waals surface area contributed by atoms with Gasteiger partial charge < -0.3 is 5.32 Å². The maximum absolute atomic E-state index is 11.2. The van der Waals surface area contributed by atoms with Crippen molar-refractivity contribution in [2.45, 2.75) is 6.92 Å². The van der Waals surface area contributed by atoms with Gasteiger partial charge in [0.05, 0.1) is 5.69 Å². The Morgan fingerprint density at radius 2 is 1.95 bits per heavy atom. The number of hydrogen-bond donors (Lipinski definition) is 1. The molecule has 2 heterocycles. The number of carbonyl (C=O) groups excluding carboxylic acids is 1. The molecule has 5 nitrogen and oxygen atoms in total. The SMILES string of the molecule is CC(=O)Nc1cccc(N(c2ncccn2)c2cccs2)c1. The van der Waals surface area contributed by atoms with Gasteiger partial charge in [0.2, 0.25) is 11.9 Å². The smallest absolute Gasteiger partial charge is 0.235 e. The van der Waals surface area contributed by atoms with E-state index < -0.39 is 0 Å². The molecule has 0 unspecified atom stereocenters. The van der Waals surface area contributed by atoms with E-state index in [-0.39, 0.29) is 5.91 Å². The fourth-order valence-electron chi connectivity index (χ4n) is 2.07. The molecule has 2 aromatic heterocycles. The predicted molar refractivity (Wildman–Crippen MR) is 88.9 cm³/mol. The average molecular weight is 310 g/mol. The van der Waals surface area contributed by atoms with Gasteiger partial charge in [0.15, 0.2) is 0 Å². The summed E-state index contributed by atoms with van der Waals surface area (Å²) in [7, 11) is 0. The van der Waals surface area contributed by atoms with Crippen molar-refractivity contribution in [3.05, 3.63) is 60.2 Å². The van der Waals surface area contributed by atoms with Crippen LogP contribution in [-0.4, -0.2) is 15.9 Å². The minimum absolute atomic E-state index is 0.101. The molecular weight excluding hydrogens is 296 g/mol. The minimum atomic E-state index is -0.101. The highest BCUT2D eigenvalue weighted by molar-refractivity contribution is 7.14. The van der Waals surface area contributed by atoms with Crippen molar-refractivity contribution >= 4 is 39.6 Å². The topological polar surface area (TPSA) is 58.1 Å². The normalized spacial score (nSPS) is 10.2. The van der Waals surface area contributed by atoms with Gasteiger partial charge in [0.25, 0.3) is 0 Å². The van der Waals surface area contributed by atoms with Crippen molar-refractivity contribution in [3.8, 4) is 0 Å². The second-order valence-corrected chi connectivity index (χ2v) is 5.49. The summed E-state index contributed by atoms with van der Waals surface area (Å²) in [4.78, 5) is 21.9. The average Bonchev–Trinajstić information content (AvgIpc) is 3.02. The highest BCUT2D eigenvalue weighted by Crippen LogP contribution is 2.35. The van der Waals surface area contributed by atoms with E-state index in [1.165, 1.54) is 6.92 Å². The molecule has 0 radical (unpaired) electrons. The van der Waals surface area contributed by atoms with Gasteiger partial charge in [-0.1, -0.05) is 6.07 Å². The lowest BCUT2D eigenvalue weighted by atomic mass is 10.2. The zero-order valence-corrected chi connectivity index (χ0v) is 12.7. The van der Waals surface area contributed by atoms with Gasteiger partial charge >= 0.3 is 0 Å². The van der Waals surface area contributed by atoms with E-state index in [9.17, 15) is 4.79 Å². The standard InChI is InChI=1S/C16H14N4OS/c1-12(21)19-13-5-2-6-14(11-13)20(15-7-3-10-22-15)16-17-8-4-9-18-16/h2-11H,1H3,(H,19,21). The van der Waals surface area contributed by atoms with Crippen molar-refractivity contribution in [2.75, 3.05) is 10.2 Å². The second kappa shape index (κ2) is 6.36. The highest BCUT2D eigenvalue weighted by Gasteiger charge is 2.15. The first-order valence-corrected chi connectivity index (χ1v) is 7.60. The maximum atomic E-state index is 11.2. The van der Waals surface area contributed by atoms with E-state index in [2.05, 4.69) is 15.3 Å². The lowest BCUT2D eigenvalue weighted by Gasteiger charge is -2.21. The molecule has 3 aromatic rings. The van der Waals surface area contributed by atoms with E-state index in [0.717, 1.165) is 16.4 Å². The monoisotopic (exact) mass is 310 g/mol. The van der Waals surface area contributed by atoms with Crippen LogP contribution in [0.4, 0.5) is 22.3 Å². The lowest BCUT2D eigenvalue weighted by Crippen LogP contribution is -2.12. The molecule has 0 saturated carbocycles. The maximum Gasteiger partial charge on any atom is 0.235 e. The van der Waals surface area contributed by atoms with Crippen molar-refractivity contribution < 1.29 is 4.79 Å². The Morgan fingerprint density at radius 1 is 1.14 bits per heavy atom. The molecule has 0 saturated heterocycles. The van der Waals surface area contributed by atoms with Crippen LogP contribution in [-0.2, 0) is 4.79 Å². The predicted octanol–water partition coefficient (Wildman–Crippen LogP) is 3.97. The van der Waals surface area contributed by atoms with E-state index >= 15 is 0 Å². The zero-order chi connectivity index (χ0) is 15.4. The third-order valence-electron chi connectivity index (χ3n) is 2.90. The molecule has 0 spiro atoms. The summed E-state index contributed by atoms with van der Waals surface area (Å²) in [5.74, 6) is 0.487. The summed E-state index contributed by atoms with van der Waals surface area (Å²) in [6.07, 6.45) is 3.42. The summed E-state index contributed by atoms with van der Waals surface area (Å²) in [6, 6.07) is 13.4. The number of rotatable bonds is 4. The molecule has 0 aliphatic carbocycles. The fraction of sp³-hybridized carbons (Fsp3) is 0.0625. The third kappa shape index (κ3) is 3.12. The van der Waals surface area contributed by atoms with Crippen LogP contribution < -0.4 is 10.2 Å². The molecule has 6 heteroatoms. The first-order chi connectivity index (χ1) is 10.7. The molecule has 0 bridgehead atoms. The van der Waals surface area contributed by atoms with Crippen LogP contribution in [0.1, 0.15) is 6.92 Å². The summed E-state index contributed by atoms with van der Waals surface area (Å²) in [5, 5.41) is 5.80. The van der Waals surface area contributed by atoms with Crippen molar-refractivity contribution in [2.24, 2.45) is 0 Å². The molecule has 0 aliphatic heterocycles. The van der Waals surface area contributed by atoms with Gasteiger partial charge in [-0.3, -0.25) is 9.69 Å². The number of thiophene rings is 1. The second-order valence-electron chi connectivity index (χ2n) is 4.57. The molecule has 0 atom stereocenters. The van der Waals surface area contributed by atoms with E-state index in [4.69, 9.17) is 0 Å². The van der Waals surface area contributed by atoms with Crippen LogP contribution in [0.25, 0.3) is 0 Å². The Balaban J connectivity index is 2.05. The summed E-state index contributed by atoms with van der Waals surface area (Å²) in [6.45, 7) is 1.49. The summed E-state index contributed by atoms with van der Waals surface area (Å²) < 4.78 is 0. The van der Waals surface area contributed by atoms with Crippen LogP contribution in [0.5, 0.6) is 0 Å². The molecule has 1 N–H and O–H groups in total. The third-order valence-corrected chi connectivity index (χ3v) is 3.76. The number of aromatic nitrogens is 2. The Kier molecular flexibility index (Phi) is 4.11. The number of carbonyl (C=O) groups is 1. The Morgan fingerprint density at radius 3 is 2.64 bits per heavy atom. The number of nitrogens with one attached hydrogen (secondary N) is 1. The lowest BCUT2D eigenvalue weighted by molar-refractivity contribution is -0.114. The van der Waals surface area contributed by atoms with E-state index in [1.807, 2.05) is 46.7 Å².